The predicted molar refractivity (Wildman–Crippen MR) is 117 cm³/mol. The molecule has 0 amide bonds. The molecular formula is C24H14N2OS. The molecule has 0 radical (unpaired) electrons. The number of rotatable bonds is 1. The van der Waals surface area contributed by atoms with Crippen LogP contribution in [0.1, 0.15) is 5.56 Å². The largest absolute Gasteiger partial charge is 0.274 e. The Hall–Kier alpha value is -3.50. The second kappa shape index (κ2) is 5.75. The van der Waals surface area contributed by atoms with E-state index in [9.17, 15) is 4.79 Å². The van der Waals surface area contributed by atoms with Crippen LogP contribution in [0.2, 0.25) is 0 Å². The average molecular weight is 378 g/mol. The van der Waals surface area contributed by atoms with Crippen molar-refractivity contribution in [1.29, 1.82) is 0 Å². The van der Waals surface area contributed by atoms with Crippen LogP contribution >= 0.6 is 11.3 Å². The first-order valence-corrected chi connectivity index (χ1v) is 9.93. The summed E-state index contributed by atoms with van der Waals surface area (Å²) in [6.45, 7) is 0. The Morgan fingerprint density at radius 2 is 1.46 bits per heavy atom. The fourth-order valence-electron chi connectivity index (χ4n) is 3.95. The lowest BCUT2D eigenvalue weighted by atomic mass is 9.97. The highest BCUT2D eigenvalue weighted by atomic mass is 32.1. The van der Waals surface area contributed by atoms with Crippen LogP contribution in [0.4, 0.5) is 0 Å². The van der Waals surface area contributed by atoms with Crippen LogP contribution in [-0.4, -0.2) is 9.38 Å². The number of fused-ring (bicyclic) bond motifs is 5. The van der Waals surface area contributed by atoms with Crippen LogP contribution in [-0.2, 0) is 0 Å². The third-order valence-corrected chi connectivity index (χ3v) is 6.20. The van der Waals surface area contributed by atoms with Crippen molar-refractivity contribution in [2.75, 3.05) is 0 Å². The number of hydrogen-bond acceptors (Lipinski definition) is 3. The van der Waals surface area contributed by atoms with E-state index >= 15 is 0 Å². The molecule has 0 aliphatic carbocycles. The molecule has 2 heterocycles. The van der Waals surface area contributed by atoms with E-state index in [2.05, 4.69) is 35.3 Å². The first-order chi connectivity index (χ1) is 13.8. The summed E-state index contributed by atoms with van der Waals surface area (Å²) in [7, 11) is 0. The zero-order valence-corrected chi connectivity index (χ0v) is 15.6. The lowest BCUT2D eigenvalue weighted by Crippen LogP contribution is -2.22. The summed E-state index contributed by atoms with van der Waals surface area (Å²) in [5.74, 6) is 0. The first-order valence-electron chi connectivity index (χ1n) is 9.12. The molecule has 3 nitrogen and oxygen atoms in total. The van der Waals surface area contributed by atoms with Crippen LogP contribution in [0, 0.1) is 0 Å². The fraction of sp³-hybridized carbons (Fsp3) is 0. The second-order valence-electron chi connectivity index (χ2n) is 6.87. The highest BCUT2D eigenvalue weighted by Gasteiger charge is 2.12. The molecule has 4 aromatic carbocycles. The number of para-hydroxylation sites is 2. The highest BCUT2D eigenvalue weighted by molar-refractivity contribution is 7.15. The van der Waals surface area contributed by atoms with Gasteiger partial charge in [0.1, 0.15) is 0 Å². The number of thiazole rings is 1. The van der Waals surface area contributed by atoms with E-state index in [-0.39, 0.29) is 5.56 Å². The number of benzene rings is 4. The Balaban J connectivity index is 1.76. The number of aromatic nitrogens is 2. The zero-order valence-electron chi connectivity index (χ0n) is 14.8. The molecule has 28 heavy (non-hydrogen) atoms. The Morgan fingerprint density at radius 1 is 0.821 bits per heavy atom. The molecule has 0 aliphatic rings. The van der Waals surface area contributed by atoms with Gasteiger partial charge in [-0.25, -0.2) is 9.38 Å². The summed E-state index contributed by atoms with van der Waals surface area (Å²) in [6.07, 6.45) is 2.03. The molecule has 132 valence electrons. The van der Waals surface area contributed by atoms with Gasteiger partial charge in [-0.15, -0.1) is 0 Å². The van der Waals surface area contributed by atoms with Crippen LogP contribution in [0.25, 0.3) is 43.6 Å². The number of imidazole rings is 1. The van der Waals surface area contributed by atoms with E-state index in [1.165, 1.54) is 22.1 Å². The molecule has 0 aliphatic heterocycles. The van der Waals surface area contributed by atoms with Gasteiger partial charge in [0.25, 0.3) is 5.56 Å². The van der Waals surface area contributed by atoms with Crippen molar-refractivity contribution in [2.24, 2.45) is 0 Å². The summed E-state index contributed by atoms with van der Waals surface area (Å²) in [5.41, 5.74) is 2.79. The fourth-order valence-corrected chi connectivity index (χ4v) is 4.92. The minimum absolute atomic E-state index is 0.00860. The maximum Gasteiger partial charge on any atom is 0.274 e. The van der Waals surface area contributed by atoms with Gasteiger partial charge in [-0.05, 0) is 51.4 Å². The Labute approximate surface area is 163 Å². The van der Waals surface area contributed by atoms with Gasteiger partial charge in [-0.3, -0.25) is 4.79 Å². The number of nitrogens with zero attached hydrogens (tertiary/aromatic N) is 2. The van der Waals surface area contributed by atoms with Crippen LogP contribution in [0.15, 0.2) is 83.7 Å². The topological polar surface area (TPSA) is 34.4 Å². The summed E-state index contributed by atoms with van der Waals surface area (Å²) in [4.78, 5) is 18.5. The lowest BCUT2D eigenvalue weighted by molar-refractivity contribution is 1.19. The van der Waals surface area contributed by atoms with Gasteiger partial charge >= 0.3 is 0 Å². The Kier molecular flexibility index (Phi) is 3.19. The summed E-state index contributed by atoms with van der Waals surface area (Å²) in [6, 6.07) is 26.6. The third-order valence-electron chi connectivity index (χ3n) is 5.23. The van der Waals surface area contributed by atoms with Crippen LogP contribution < -0.4 is 10.1 Å². The Morgan fingerprint density at radius 3 is 2.21 bits per heavy atom. The standard InChI is InChI=1S/C24H14N2OS/c27-23-22(28-24-25-20-11-5-6-12-21(20)26(23)24)14-19-17-9-3-1-7-15(17)13-16-8-2-4-10-18(16)19/h1-14H. The van der Waals surface area contributed by atoms with Gasteiger partial charge < -0.3 is 0 Å². The molecule has 0 bridgehead atoms. The van der Waals surface area contributed by atoms with E-state index in [1.54, 1.807) is 4.40 Å². The monoisotopic (exact) mass is 378 g/mol. The molecule has 0 saturated heterocycles. The van der Waals surface area contributed by atoms with Gasteiger partial charge in [0, 0.05) is 0 Å². The van der Waals surface area contributed by atoms with Crippen molar-refractivity contribution >= 4 is 55.0 Å². The van der Waals surface area contributed by atoms with Gasteiger partial charge in [-0.1, -0.05) is 72.0 Å². The minimum atomic E-state index is -0.00860. The third kappa shape index (κ3) is 2.15. The summed E-state index contributed by atoms with van der Waals surface area (Å²) in [5, 5.41) is 4.64. The van der Waals surface area contributed by atoms with Crippen molar-refractivity contribution in [3.05, 3.63) is 99.3 Å². The SMILES string of the molecule is O=c1c(=Cc2c3ccccc3cc3ccccc23)sc2nc3ccccc3n12. The molecule has 2 aromatic heterocycles. The second-order valence-corrected chi connectivity index (χ2v) is 7.88. The van der Waals surface area contributed by atoms with Crippen molar-refractivity contribution in [1.82, 2.24) is 9.38 Å². The highest BCUT2D eigenvalue weighted by Crippen LogP contribution is 2.29. The van der Waals surface area contributed by atoms with E-state index in [0.717, 1.165) is 32.3 Å². The summed E-state index contributed by atoms with van der Waals surface area (Å²) < 4.78 is 2.42. The molecule has 0 unspecified atom stereocenters. The van der Waals surface area contributed by atoms with Crippen molar-refractivity contribution < 1.29 is 0 Å². The van der Waals surface area contributed by atoms with Crippen molar-refractivity contribution in [3.8, 4) is 0 Å². The molecule has 6 rings (SSSR count). The van der Waals surface area contributed by atoms with Crippen LogP contribution in [0.3, 0.4) is 0 Å². The normalized spacial score (nSPS) is 12.6. The maximum absolute atomic E-state index is 13.2. The quantitative estimate of drug-likeness (QED) is 0.387. The summed E-state index contributed by atoms with van der Waals surface area (Å²) >= 11 is 1.45. The van der Waals surface area contributed by atoms with E-state index in [1.807, 2.05) is 54.6 Å². The predicted octanol–water partition coefficient (Wildman–Crippen LogP) is 4.76. The Bertz CT molecular complexity index is 1590. The molecular weight excluding hydrogens is 364 g/mol. The van der Waals surface area contributed by atoms with Crippen molar-refractivity contribution in [3.63, 3.8) is 0 Å². The van der Waals surface area contributed by atoms with E-state index in [0.29, 0.717) is 4.53 Å². The first kappa shape index (κ1) is 15.5. The smallest absolute Gasteiger partial charge is 0.267 e. The number of hydrogen-bond donors (Lipinski definition) is 0. The van der Waals surface area contributed by atoms with Gasteiger partial charge in [-0.2, -0.15) is 0 Å². The lowest BCUT2D eigenvalue weighted by Gasteiger charge is -2.07. The average Bonchev–Trinajstić information content (AvgIpc) is 3.24. The van der Waals surface area contributed by atoms with Gasteiger partial charge in [0.15, 0.2) is 4.96 Å². The van der Waals surface area contributed by atoms with Crippen LogP contribution in [0.5, 0.6) is 0 Å². The molecule has 0 atom stereocenters. The van der Waals surface area contributed by atoms with Gasteiger partial charge in [0.2, 0.25) is 0 Å². The molecule has 0 N–H and O–H groups in total. The van der Waals surface area contributed by atoms with E-state index < -0.39 is 0 Å². The molecule has 0 spiro atoms. The molecule has 0 saturated carbocycles. The molecule has 0 fully saturated rings. The zero-order chi connectivity index (χ0) is 18.7. The van der Waals surface area contributed by atoms with E-state index in [4.69, 9.17) is 0 Å². The molecule has 6 aromatic rings. The van der Waals surface area contributed by atoms with Crippen molar-refractivity contribution in [2.45, 2.75) is 0 Å². The molecule has 4 heteroatoms. The minimum Gasteiger partial charge on any atom is -0.267 e. The van der Waals surface area contributed by atoms with Gasteiger partial charge in [0.05, 0.1) is 15.6 Å². The maximum atomic E-state index is 13.2.